The normalized spacial score (nSPS) is 23.1. The molecule has 1 atom stereocenters. The zero-order valence-electron chi connectivity index (χ0n) is 9.34. The Morgan fingerprint density at radius 3 is 2.33 bits per heavy atom. The molecule has 0 amide bonds. The summed E-state index contributed by atoms with van der Waals surface area (Å²) < 4.78 is 49.7. The lowest BCUT2D eigenvalue weighted by Gasteiger charge is -2.11. The van der Waals surface area contributed by atoms with Gasteiger partial charge in [0.05, 0.1) is 16.4 Å². The van der Waals surface area contributed by atoms with Crippen LogP contribution in [0.15, 0.2) is 33.6 Å². The third kappa shape index (κ3) is 3.31. The lowest BCUT2D eigenvalue weighted by atomic mass is 10.3. The van der Waals surface area contributed by atoms with E-state index in [0.717, 1.165) is 4.47 Å². The Hall–Kier alpha value is -0.440. The summed E-state index contributed by atoms with van der Waals surface area (Å²) in [5, 5.41) is 0. The first-order valence-electron chi connectivity index (χ1n) is 5.27. The number of hydrogen-bond acceptors (Lipinski definition) is 4. The minimum Gasteiger partial charge on any atom is -0.229 e. The number of sulfonamides is 1. The highest BCUT2D eigenvalue weighted by molar-refractivity contribution is 9.10. The molecule has 0 spiro atoms. The first-order valence-corrected chi connectivity index (χ1v) is 9.37. The van der Waals surface area contributed by atoms with Gasteiger partial charge < -0.3 is 0 Å². The summed E-state index contributed by atoms with van der Waals surface area (Å²) in [7, 11) is -6.74. The number of nitrogens with one attached hydrogen (secondary N) is 1. The van der Waals surface area contributed by atoms with Gasteiger partial charge in [0.2, 0.25) is 10.0 Å². The Balaban J connectivity index is 2.16. The van der Waals surface area contributed by atoms with E-state index in [2.05, 4.69) is 20.7 Å². The smallest absolute Gasteiger partial charge is 0.229 e. The molecule has 1 aromatic carbocycles. The molecular formula is C10H12BrNO4S2. The molecule has 0 aromatic heterocycles. The van der Waals surface area contributed by atoms with Crippen LogP contribution in [0, 0.1) is 0 Å². The molecule has 0 aliphatic carbocycles. The molecule has 1 fully saturated rings. The van der Waals surface area contributed by atoms with Gasteiger partial charge >= 0.3 is 0 Å². The molecule has 18 heavy (non-hydrogen) atoms. The average Bonchev–Trinajstić information content (AvgIpc) is 2.57. The van der Waals surface area contributed by atoms with Crippen molar-refractivity contribution in [3.63, 3.8) is 0 Å². The van der Waals surface area contributed by atoms with Crippen LogP contribution in [0.25, 0.3) is 0 Å². The molecule has 1 heterocycles. The molecule has 1 saturated heterocycles. The lowest BCUT2D eigenvalue weighted by Crippen LogP contribution is -2.35. The topological polar surface area (TPSA) is 80.3 Å². The molecule has 0 bridgehead atoms. The van der Waals surface area contributed by atoms with Crippen molar-refractivity contribution >= 4 is 35.8 Å². The Bertz CT molecular complexity index is 637. The predicted molar refractivity (Wildman–Crippen MR) is 71.5 cm³/mol. The zero-order valence-corrected chi connectivity index (χ0v) is 12.6. The molecule has 1 unspecified atom stereocenters. The van der Waals surface area contributed by atoms with Gasteiger partial charge in [-0.2, -0.15) is 0 Å². The van der Waals surface area contributed by atoms with Crippen molar-refractivity contribution < 1.29 is 16.8 Å². The number of rotatable bonds is 3. The van der Waals surface area contributed by atoms with Gasteiger partial charge in [0.1, 0.15) is 0 Å². The number of halogens is 1. The van der Waals surface area contributed by atoms with Crippen LogP contribution in [0.2, 0.25) is 0 Å². The molecular weight excluding hydrogens is 342 g/mol. The van der Waals surface area contributed by atoms with Gasteiger partial charge in [0.25, 0.3) is 0 Å². The van der Waals surface area contributed by atoms with Crippen molar-refractivity contribution in [2.24, 2.45) is 0 Å². The van der Waals surface area contributed by atoms with E-state index >= 15 is 0 Å². The minimum absolute atomic E-state index is 0.0422. The Labute approximate surface area is 115 Å². The summed E-state index contributed by atoms with van der Waals surface area (Å²) >= 11 is 3.22. The molecule has 0 radical (unpaired) electrons. The maximum Gasteiger partial charge on any atom is 0.240 e. The number of benzene rings is 1. The summed E-state index contributed by atoms with van der Waals surface area (Å²) in [5.74, 6) is -0.0801. The molecule has 1 aliphatic heterocycles. The fraction of sp³-hybridized carbons (Fsp3) is 0.400. The van der Waals surface area contributed by atoms with E-state index in [0.29, 0.717) is 6.42 Å². The largest absolute Gasteiger partial charge is 0.240 e. The quantitative estimate of drug-likeness (QED) is 0.875. The summed E-state index contributed by atoms with van der Waals surface area (Å²) in [6, 6.07) is 5.66. The van der Waals surface area contributed by atoms with Gasteiger partial charge in [-0.1, -0.05) is 15.9 Å². The van der Waals surface area contributed by atoms with E-state index in [1.54, 1.807) is 12.1 Å². The SMILES string of the molecule is O=S1(=O)CCC(NS(=O)(=O)c2ccc(Br)cc2)C1. The standard InChI is InChI=1S/C10H12BrNO4S2/c11-8-1-3-10(4-2-8)18(15,16)12-9-5-6-17(13,14)7-9/h1-4,9,12H,5-7H2. The van der Waals surface area contributed by atoms with E-state index in [9.17, 15) is 16.8 Å². The minimum atomic E-state index is -3.65. The van der Waals surface area contributed by atoms with Gasteiger partial charge in [-0.15, -0.1) is 0 Å². The maximum atomic E-state index is 12.0. The van der Waals surface area contributed by atoms with E-state index < -0.39 is 25.9 Å². The molecule has 2 rings (SSSR count). The van der Waals surface area contributed by atoms with Gasteiger partial charge in [-0.3, -0.25) is 0 Å². The molecule has 0 saturated carbocycles. The molecule has 8 heteroatoms. The highest BCUT2D eigenvalue weighted by atomic mass is 79.9. The average molecular weight is 354 g/mol. The van der Waals surface area contributed by atoms with Crippen molar-refractivity contribution in [2.75, 3.05) is 11.5 Å². The molecule has 100 valence electrons. The molecule has 5 nitrogen and oxygen atoms in total. The van der Waals surface area contributed by atoms with Crippen LogP contribution in [0.1, 0.15) is 6.42 Å². The van der Waals surface area contributed by atoms with Crippen LogP contribution < -0.4 is 4.72 Å². The van der Waals surface area contributed by atoms with Gasteiger partial charge in [-0.05, 0) is 30.7 Å². The van der Waals surface area contributed by atoms with Crippen LogP contribution in [-0.4, -0.2) is 34.4 Å². The van der Waals surface area contributed by atoms with Gasteiger partial charge in [0.15, 0.2) is 9.84 Å². The summed E-state index contributed by atoms with van der Waals surface area (Å²) in [6.45, 7) is 0. The zero-order chi connectivity index (χ0) is 13.4. The van der Waals surface area contributed by atoms with Crippen LogP contribution >= 0.6 is 15.9 Å². The summed E-state index contributed by atoms with van der Waals surface area (Å²) in [4.78, 5) is 0.134. The second-order valence-electron chi connectivity index (χ2n) is 4.18. The number of hydrogen-bond donors (Lipinski definition) is 1. The number of sulfone groups is 1. The predicted octanol–water partition coefficient (Wildman–Crippen LogP) is 0.914. The van der Waals surface area contributed by atoms with Crippen molar-refractivity contribution in [2.45, 2.75) is 17.4 Å². The highest BCUT2D eigenvalue weighted by Gasteiger charge is 2.31. The summed E-state index contributed by atoms with van der Waals surface area (Å²) in [5.41, 5.74) is 0. The Kier molecular flexibility index (Phi) is 3.82. The fourth-order valence-corrected chi connectivity index (χ4v) is 5.10. The third-order valence-corrected chi connectivity index (χ3v) is 6.51. The lowest BCUT2D eigenvalue weighted by molar-refractivity contribution is 0.562. The second kappa shape index (κ2) is 4.92. The van der Waals surface area contributed by atoms with E-state index in [4.69, 9.17) is 0 Å². The van der Waals surface area contributed by atoms with Crippen molar-refractivity contribution in [1.82, 2.24) is 4.72 Å². The van der Waals surface area contributed by atoms with E-state index in [-0.39, 0.29) is 16.4 Å². The van der Waals surface area contributed by atoms with E-state index in [1.807, 2.05) is 0 Å². The second-order valence-corrected chi connectivity index (χ2v) is 9.03. The van der Waals surface area contributed by atoms with Gasteiger partial charge in [-0.25, -0.2) is 21.6 Å². The van der Waals surface area contributed by atoms with Crippen LogP contribution in [0.4, 0.5) is 0 Å². The van der Waals surface area contributed by atoms with Crippen LogP contribution in [0.3, 0.4) is 0 Å². The monoisotopic (exact) mass is 353 g/mol. The van der Waals surface area contributed by atoms with Crippen LogP contribution in [-0.2, 0) is 19.9 Å². The fourth-order valence-electron chi connectivity index (χ4n) is 1.79. The van der Waals surface area contributed by atoms with Crippen molar-refractivity contribution in [3.05, 3.63) is 28.7 Å². The van der Waals surface area contributed by atoms with Crippen molar-refractivity contribution in [1.29, 1.82) is 0 Å². The van der Waals surface area contributed by atoms with E-state index in [1.165, 1.54) is 12.1 Å². The molecule has 1 aliphatic rings. The first-order chi connectivity index (χ1) is 8.28. The summed E-state index contributed by atoms with van der Waals surface area (Å²) in [6.07, 6.45) is 0.331. The molecule has 1 N–H and O–H groups in total. The Morgan fingerprint density at radius 1 is 1.22 bits per heavy atom. The van der Waals surface area contributed by atoms with Crippen LogP contribution in [0.5, 0.6) is 0 Å². The Morgan fingerprint density at radius 2 is 1.83 bits per heavy atom. The van der Waals surface area contributed by atoms with Crippen molar-refractivity contribution in [3.8, 4) is 0 Å². The van der Waals surface area contributed by atoms with Gasteiger partial charge in [0, 0.05) is 10.5 Å². The molecule has 1 aromatic rings. The maximum absolute atomic E-state index is 12.0. The third-order valence-electron chi connectivity index (χ3n) is 2.68. The first kappa shape index (κ1) is 14.0. The highest BCUT2D eigenvalue weighted by Crippen LogP contribution is 2.17.